The number of nitrogens with two attached hydrogens (primary N) is 1. The van der Waals surface area contributed by atoms with Gasteiger partial charge in [-0.1, -0.05) is 25.5 Å². The van der Waals surface area contributed by atoms with Crippen LogP contribution in [0.15, 0.2) is 24.3 Å². The number of carbonyl (C=O) groups excluding carboxylic acids is 1. The first-order valence-electron chi connectivity index (χ1n) is 5.72. The molecule has 0 aliphatic rings. The molecule has 94 valence electrons. The molecule has 4 heteroatoms. The molecule has 0 amide bonds. The fourth-order valence-electron chi connectivity index (χ4n) is 1.41. The van der Waals surface area contributed by atoms with E-state index in [-0.39, 0.29) is 12.6 Å². The van der Waals surface area contributed by atoms with E-state index in [4.69, 9.17) is 15.2 Å². The molecule has 0 fully saturated rings. The molecule has 0 saturated carbocycles. The maximum absolute atomic E-state index is 11.5. The largest absolute Gasteiger partial charge is 0.497 e. The SMILES string of the molecule is CCC[C@H](N)C(=O)OCc1ccc(OC)cc1. The standard InChI is InChI=1S/C13H19NO3/c1-3-4-12(14)13(15)17-9-10-5-7-11(16-2)8-6-10/h5-8,12H,3-4,9,14H2,1-2H3/t12-/m0/s1. The molecule has 4 nitrogen and oxygen atoms in total. The van der Waals surface area contributed by atoms with E-state index in [1.165, 1.54) is 0 Å². The Morgan fingerprint density at radius 1 is 1.35 bits per heavy atom. The molecule has 2 N–H and O–H groups in total. The Bertz CT molecular complexity index is 348. The predicted molar refractivity (Wildman–Crippen MR) is 65.7 cm³/mol. The van der Waals surface area contributed by atoms with E-state index in [0.717, 1.165) is 17.7 Å². The van der Waals surface area contributed by atoms with Gasteiger partial charge in [-0.15, -0.1) is 0 Å². The fraction of sp³-hybridized carbons (Fsp3) is 0.462. The van der Waals surface area contributed by atoms with Crippen molar-refractivity contribution in [1.82, 2.24) is 0 Å². The number of hydrogen-bond donors (Lipinski definition) is 1. The highest BCUT2D eigenvalue weighted by Crippen LogP contribution is 2.12. The van der Waals surface area contributed by atoms with Crippen molar-refractivity contribution in [2.24, 2.45) is 5.73 Å². The summed E-state index contributed by atoms with van der Waals surface area (Å²) in [5.74, 6) is 0.436. The van der Waals surface area contributed by atoms with Crippen LogP contribution in [0, 0.1) is 0 Å². The highest BCUT2D eigenvalue weighted by atomic mass is 16.5. The Balaban J connectivity index is 2.41. The molecule has 0 aromatic heterocycles. The van der Waals surface area contributed by atoms with Gasteiger partial charge in [0.1, 0.15) is 18.4 Å². The Hall–Kier alpha value is -1.55. The van der Waals surface area contributed by atoms with E-state index in [0.29, 0.717) is 6.42 Å². The van der Waals surface area contributed by atoms with Crippen LogP contribution < -0.4 is 10.5 Å². The second-order valence-corrected chi connectivity index (χ2v) is 3.85. The summed E-state index contributed by atoms with van der Waals surface area (Å²) in [4.78, 5) is 11.5. The average Bonchev–Trinajstić information content (AvgIpc) is 2.36. The molecular formula is C13H19NO3. The van der Waals surface area contributed by atoms with Crippen molar-refractivity contribution in [3.8, 4) is 5.75 Å². The monoisotopic (exact) mass is 237 g/mol. The summed E-state index contributed by atoms with van der Waals surface area (Å²) in [6, 6.07) is 6.86. The van der Waals surface area contributed by atoms with Crippen molar-refractivity contribution in [2.45, 2.75) is 32.4 Å². The van der Waals surface area contributed by atoms with Crippen molar-refractivity contribution in [1.29, 1.82) is 0 Å². The summed E-state index contributed by atoms with van der Waals surface area (Å²) in [6.45, 7) is 2.23. The molecular weight excluding hydrogens is 218 g/mol. The van der Waals surface area contributed by atoms with Gasteiger partial charge in [-0.3, -0.25) is 4.79 Å². The van der Waals surface area contributed by atoms with E-state index >= 15 is 0 Å². The van der Waals surface area contributed by atoms with Gasteiger partial charge >= 0.3 is 5.97 Å². The van der Waals surface area contributed by atoms with Crippen LogP contribution in [0.1, 0.15) is 25.3 Å². The summed E-state index contributed by atoms with van der Waals surface area (Å²) in [5, 5.41) is 0. The lowest BCUT2D eigenvalue weighted by Gasteiger charge is -2.10. The molecule has 1 atom stereocenters. The number of benzene rings is 1. The third-order valence-corrected chi connectivity index (χ3v) is 2.44. The van der Waals surface area contributed by atoms with Crippen LogP contribution in [0.5, 0.6) is 5.75 Å². The average molecular weight is 237 g/mol. The first-order chi connectivity index (χ1) is 8.17. The normalized spacial score (nSPS) is 11.9. The van der Waals surface area contributed by atoms with Crippen molar-refractivity contribution < 1.29 is 14.3 Å². The Morgan fingerprint density at radius 3 is 2.53 bits per heavy atom. The number of rotatable bonds is 6. The van der Waals surface area contributed by atoms with Gasteiger partial charge < -0.3 is 15.2 Å². The third kappa shape index (κ3) is 4.44. The molecule has 0 unspecified atom stereocenters. The van der Waals surface area contributed by atoms with Gasteiger partial charge in [0.2, 0.25) is 0 Å². The van der Waals surface area contributed by atoms with Crippen LogP contribution >= 0.6 is 0 Å². The smallest absolute Gasteiger partial charge is 0.323 e. The molecule has 0 heterocycles. The minimum atomic E-state index is -0.516. The van der Waals surface area contributed by atoms with Crippen molar-refractivity contribution in [3.05, 3.63) is 29.8 Å². The molecule has 0 spiro atoms. The van der Waals surface area contributed by atoms with Gasteiger partial charge in [-0.25, -0.2) is 0 Å². The van der Waals surface area contributed by atoms with Gasteiger partial charge in [0.25, 0.3) is 0 Å². The topological polar surface area (TPSA) is 61.6 Å². The van der Waals surface area contributed by atoms with Gasteiger partial charge in [0.05, 0.1) is 7.11 Å². The van der Waals surface area contributed by atoms with E-state index in [1.807, 2.05) is 31.2 Å². The second-order valence-electron chi connectivity index (χ2n) is 3.85. The molecule has 0 bridgehead atoms. The maximum atomic E-state index is 11.5. The van der Waals surface area contributed by atoms with Crippen LogP contribution in [-0.2, 0) is 16.1 Å². The zero-order valence-corrected chi connectivity index (χ0v) is 10.3. The number of hydrogen-bond acceptors (Lipinski definition) is 4. The summed E-state index contributed by atoms with van der Waals surface area (Å²) in [6.07, 6.45) is 1.53. The highest BCUT2D eigenvalue weighted by Gasteiger charge is 2.13. The summed E-state index contributed by atoms with van der Waals surface area (Å²) < 4.78 is 10.1. The molecule has 1 rings (SSSR count). The van der Waals surface area contributed by atoms with E-state index in [2.05, 4.69) is 0 Å². The van der Waals surface area contributed by atoms with Gasteiger partial charge in [-0.2, -0.15) is 0 Å². The summed E-state index contributed by atoms with van der Waals surface area (Å²) in [5.41, 5.74) is 6.56. The van der Waals surface area contributed by atoms with Crippen LogP contribution in [0.2, 0.25) is 0 Å². The number of esters is 1. The lowest BCUT2D eigenvalue weighted by atomic mass is 10.2. The quantitative estimate of drug-likeness (QED) is 0.767. The van der Waals surface area contributed by atoms with Crippen molar-refractivity contribution in [3.63, 3.8) is 0 Å². The van der Waals surface area contributed by atoms with Gasteiger partial charge in [0.15, 0.2) is 0 Å². The van der Waals surface area contributed by atoms with Crippen LogP contribution in [0.4, 0.5) is 0 Å². The molecule has 0 aliphatic heterocycles. The first-order valence-corrected chi connectivity index (χ1v) is 5.72. The predicted octanol–water partition coefficient (Wildman–Crippen LogP) is 1.87. The molecule has 17 heavy (non-hydrogen) atoms. The summed E-state index contributed by atoms with van der Waals surface area (Å²) >= 11 is 0. The zero-order valence-electron chi connectivity index (χ0n) is 10.3. The Morgan fingerprint density at radius 2 is 2.00 bits per heavy atom. The third-order valence-electron chi connectivity index (χ3n) is 2.44. The molecule has 0 saturated heterocycles. The van der Waals surface area contributed by atoms with E-state index in [9.17, 15) is 4.79 Å². The minimum absolute atomic E-state index is 0.250. The first kappa shape index (κ1) is 13.5. The molecule has 0 aliphatic carbocycles. The van der Waals surface area contributed by atoms with Gasteiger partial charge in [0, 0.05) is 0 Å². The zero-order chi connectivity index (χ0) is 12.7. The lowest BCUT2D eigenvalue weighted by Crippen LogP contribution is -2.31. The highest BCUT2D eigenvalue weighted by molar-refractivity contribution is 5.75. The van der Waals surface area contributed by atoms with Crippen molar-refractivity contribution in [2.75, 3.05) is 7.11 Å². The Labute approximate surface area is 102 Å². The molecule has 1 aromatic rings. The number of ether oxygens (including phenoxy) is 2. The lowest BCUT2D eigenvalue weighted by molar-refractivity contribution is -0.146. The second kappa shape index (κ2) is 6.91. The van der Waals surface area contributed by atoms with Crippen LogP contribution in [-0.4, -0.2) is 19.1 Å². The van der Waals surface area contributed by atoms with Crippen molar-refractivity contribution >= 4 is 5.97 Å². The number of carbonyl (C=O) groups is 1. The van der Waals surface area contributed by atoms with Crippen LogP contribution in [0.3, 0.4) is 0 Å². The maximum Gasteiger partial charge on any atom is 0.323 e. The Kier molecular flexibility index (Phi) is 5.49. The number of methoxy groups -OCH3 is 1. The van der Waals surface area contributed by atoms with E-state index < -0.39 is 6.04 Å². The molecule has 1 aromatic carbocycles. The minimum Gasteiger partial charge on any atom is -0.497 e. The fourth-order valence-corrected chi connectivity index (χ4v) is 1.41. The van der Waals surface area contributed by atoms with Gasteiger partial charge in [-0.05, 0) is 24.1 Å². The molecule has 0 radical (unpaired) electrons. The van der Waals surface area contributed by atoms with E-state index in [1.54, 1.807) is 7.11 Å². The summed E-state index contributed by atoms with van der Waals surface area (Å²) in [7, 11) is 1.61. The van der Waals surface area contributed by atoms with Crippen LogP contribution in [0.25, 0.3) is 0 Å².